The molecule has 0 saturated carbocycles. The second-order valence-electron chi connectivity index (χ2n) is 2.47. The van der Waals surface area contributed by atoms with E-state index in [1.54, 1.807) is 13.1 Å². The van der Waals surface area contributed by atoms with Crippen molar-refractivity contribution in [3.63, 3.8) is 0 Å². The van der Waals surface area contributed by atoms with Gasteiger partial charge in [0.2, 0.25) is 0 Å². The van der Waals surface area contributed by atoms with Crippen molar-refractivity contribution < 1.29 is 4.79 Å². The molecule has 0 atom stereocenters. The van der Waals surface area contributed by atoms with Crippen LogP contribution in [0.25, 0.3) is 0 Å². The number of hydrogen-bond donors (Lipinski definition) is 0. The largest absolute Gasteiger partial charge is 0.299 e. The molecule has 0 aliphatic carbocycles. The van der Waals surface area contributed by atoms with Gasteiger partial charge in [-0.25, -0.2) is 9.97 Å². The van der Waals surface area contributed by atoms with E-state index in [-0.39, 0.29) is 5.78 Å². The summed E-state index contributed by atoms with van der Waals surface area (Å²) in [4.78, 5) is 18.8. The normalized spacial score (nSPS) is 9.83. The summed E-state index contributed by atoms with van der Waals surface area (Å²) in [7, 11) is 0. The molecule has 3 nitrogen and oxygen atoms in total. The second kappa shape index (κ2) is 4.21. The first kappa shape index (κ1) is 9.19. The van der Waals surface area contributed by atoms with Crippen LogP contribution in [-0.4, -0.2) is 21.5 Å². The van der Waals surface area contributed by atoms with E-state index in [4.69, 9.17) is 0 Å². The standard InChI is InChI=1S/C8H10N2OS/c1-6-3-4-9-8(10-6)12-5-7(2)11/h3-4H,5H2,1-2H3. The molecule has 0 aliphatic heterocycles. The third kappa shape index (κ3) is 3.00. The zero-order chi connectivity index (χ0) is 8.97. The molecule has 0 N–H and O–H groups in total. The lowest BCUT2D eigenvalue weighted by Gasteiger charge is -1.96. The van der Waals surface area contributed by atoms with Crippen molar-refractivity contribution >= 4 is 17.5 Å². The topological polar surface area (TPSA) is 42.9 Å². The van der Waals surface area contributed by atoms with Crippen LogP contribution < -0.4 is 0 Å². The molecule has 1 heterocycles. The predicted octanol–water partition coefficient (Wildman–Crippen LogP) is 1.47. The van der Waals surface area contributed by atoms with Gasteiger partial charge in [-0.3, -0.25) is 4.79 Å². The number of Topliss-reactive ketones (excluding diaryl/α,β-unsaturated/α-hetero) is 1. The molecule has 0 radical (unpaired) electrons. The number of carbonyl (C=O) groups excluding carboxylic acids is 1. The second-order valence-corrected chi connectivity index (χ2v) is 3.41. The van der Waals surface area contributed by atoms with Gasteiger partial charge in [0.1, 0.15) is 5.78 Å². The number of rotatable bonds is 3. The summed E-state index contributed by atoms with van der Waals surface area (Å²) in [6.45, 7) is 3.46. The minimum Gasteiger partial charge on any atom is -0.299 e. The SMILES string of the molecule is CC(=O)CSc1nccc(C)n1. The fraction of sp³-hybridized carbons (Fsp3) is 0.375. The summed E-state index contributed by atoms with van der Waals surface area (Å²) in [6, 6.07) is 1.83. The Hall–Kier alpha value is -0.900. The van der Waals surface area contributed by atoms with E-state index >= 15 is 0 Å². The van der Waals surface area contributed by atoms with Crippen LogP contribution in [0.1, 0.15) is 12.6 Å². The molecule has 0 spiro atoms. The number of aryl methyl sites for hydroxylation is 1. The maximum atomic E-state index is 10.6. The van der Waals surface area contributed by atoms with Gasteiger partial charge in [-0.1, -0.05) is 11.8 Å². The highest BCUT2D eigenvalue weighted by atomic mass is 32.2. The maximum absolute atomic E-state index is 10.6. The Morgan fingerprint density at radius 1 is 1.67 bits per heavy atom. The highest BCUT2D eigenvalue weighted by Crippen LogP contribution is 2.11. The first-order valence-electron chi connectivity index (χ1n) is 3.60. The summed E-state index contributed by atoms with van der Waals surface area (Å²) in [5.41, 5.74) is 0.927. The summed E-state index contributed by atoms with van der Waals surface area (Å²) < 4.78 is 0. The Kier molecular flexibility index (Phi) is 3.22. The number of aromatic nitrogens is 2. The van der Waals surface area contributed by atoms with E-state index in [0.717, 1.165) is 5.69 Å². The van der Waals surface area contributed by atoms with E-state index in [2.05, 4.69) is 9.97 Å². The van der Waals surface area contributed by atoms with E-state index in [1.165, 1.54) is 11.8 Å². The molecule has 12 heavy (non-hydrogen) atoms. The summed E-state index contributed by atoms with van der Waals surface area (Å²) in [5.74, 6) is 0.591. The quantitative estimate of drug-likeness (QED) is 0.524. The zero-order valence-corrected chi connectivity index (χ0v) is 7.89. The van der Waals surface area contributed by atoms with Crippen molar-refractivity contribution in [2.24, 2.45) is 0 Å². The van der Waals surface area contributed by atoms with Crippen molar-refractivity contribution in [3.8, 4) is 0 Å². The van der Waals surface area contributed by atoms with E-state index in [9.17, 15) is 4.79 Å². The molecule has 0 aliphatic rings. The Morgan fingerprint density at radius 3 is 3.00 bits per heavy atom. The van der Waals surface area contributed by atoms with Crippen molar-refractivity contribution in [2.45, 2.75) is 19.0 Å². The smallest absolute Gasteiger partial charge is 0.188 e. The molecule has 0 fully saturated rings. The number of hydrogen-bond acceptors (Lipinski definition) is 4. The van der Waals surface area contributed by atoms with Gasteiger partial charge in [-0.15, -0.1) is 0 Å². The first-order valence-corrected chi connectivity index (χ1v) is 4.59. The molecular weight excluding hydrogens is 172 g/mol. The van der Waals surface area contributed by atoms with Gasteiger partial charge in [-0.05, 0) is 19.9 Å². The third-order valence-corrected chi connectivity index (χ3v) is 2.18. The van der Waals surface area contributed by atoms with Crippen LogP contribution >= 0.6 is 11.8 Å². The molecule has 1 aromatic rings. The van der Waals surface area contributed by atoms with Crippen LogP contribution in [0, 0.1) is 6.92 Å². The van der Waals surface area contributed by atoms with Gasteiger partial charge in [-0.2, -0.15) is 0 Å². The Bertz CT molecular complexity index is 288. The minimum absolute atomic E-state index is 0.144. The van der Waals surface area contributed by atoms with Crippen molar-refractivity contribution in [2.75, 3.05) is 5.75 Å². The highest BCUT2D eigenvalue weighted by Gasteiger charge is 1.99. The molecular formula is C8H10N2OS. The van der Waals surface area contributed by atoms with Crippen LogP contribution in [0.3, 0.4) is 0 Å². The average molecular weight is 182 g/mol. The Labute approximate surface area is 75.6 Å². The lowest BCUT2D eigenvalue weighted by molar-refractivity contribution is -0.114. The van der Waals surface area contributed by atoms with E-state index < -0.39 is 0 Å². The molecule has 0 unspecified atom stereocenters. The van der Waals surface area contributed by atoms with Crippen LogP contribution in [0.15, 0.2) is 17.4 Å². The van der Waals surface area contributed by atoms with E-state index in [1.807, 2.05) is 13.0 Å². The monoisotopic (exact) mass is 182 g/mol. The van der Waals surface area contributed by atoms with Crippen LogP contribution in [0.4, 0.5) is 0 Å². The molecule has 0 bridgehead atoms. The van der Waals surface area contributed by atoms with Crippen LogP contribution in [0.5, 0.6) is 0 Å². The van der Waals surface area contributed by atoms with Gasteiger partial charge < -0.3 is 0 Å². The van der Waals surface area contributed by atoms with Gasteiger partial charge in [0.05, 0.1) is 5.75 Å². The van der Waals surface area contributed by atoms with Gasteiger partial charge in [0.15, 0.2) is 5.16 Å². The summed E-state index contributed by atoms with van der Waals surface area (Å²) in [6.07, 6.45) is 1.70. The maximum Gasteiger partial charge on any atom is 0.188 e. The fourth-order valence-corrected chi connectivity index (χ4v) is 1.34. The number of carbonyl (C=O) groups is 1. The predicted molar refractivity (Wildman–Crippen MR) is 48.2 cm³/mol. The Balaban J connectivity index is 2.57. The molecule has 1 rings (SSSR count). The van der Waals surface area contributed by atoms with E-state index in [0.29, 0.717) is 10.9 Å². The highest BCUT2D eigenvalue weighted by molar-refractivity contribution is 7.99. The van der Waals surface area contributed by atoms with Crippen molar-refractivity contribution in [1.29, 1.82) is 0 Å². The van der Waals surface area contributed by atoms with Crippen molar-refractivity contribution in [3.05, 3.63) is 18.0 Å². The lowest BCUT2D eigenvalue weighted by Crippen LogP contribution is -1.96. The zero-order valence-electron chi connectivity index (χ0n) is 7.07. The Morgan fingerprint density at radius 2 is 2.42 bits per heavy atom. The molecule has 0 saturated heterocycles. The number of ketones is 1. The first-order chi connectivity index (χ1) is 5.68. The molecule has 0 aromatic carbocycles. The van der Waals surface area contributed by atoms with Gasteiger partial charge in [0.25, 0.3) is 0 Å². The summed E-state index contributed by atoms with van der Waals surface area (Å²) in [5, 5.41) is 0.671. The van der Waals surface area contributed by atoms with Gasteiger partial charge in [0, 0.05) is 11.9 Å². The van der Waals surface area contributed by atoms with Crippen molar-refractivity contribution in [1.82, 2.24) is 9.97 Å². The van der Waals surface area contributed by atoms with Gasteiger partial charge >= 0.3 is 0 Å². The number of thioether (sulfide) groups is 1. The van der Waals surface area contributed by atoms with Crippen LogP contribution in [-0.2, 0) is 4.79 Å². The lowest BCUT2D eigenvalue weighted by atomic mass is 10.5. The van der Waals surface area contributed by atoms with Crippen LogP contribution in [0.2, 0.25) is 0 Å². The molecule has 0 amide bonds. The third-order valence-electron chi connectivity index (χ3n) is 1.18. The summed E-state index contributed by atoms with van der Waals surface area (Å²) >= 11 is 1.37. The molecule has 1 aromatic heterocycles. The average Bonchev–Trinajstić information content (AvgIpc) is 2.01. The number of nitrogens with zero attached hydrogens (tertiary/aromatic N) is 2. The molecule has 64 valence electrons. The minimum atomic E-state index is 0.144. The molecule has 4 heteroatoms. The fourth-order valence-electron chi connectivity index (χ4n) is 0.662.